The third-order valence-corrected chi connectivity index (χ3v) is 6.26. The van der Waals surface area contributed by atoms with Gasteiger partial charge in [-0.3, -0.25) is 9.59 Å². The number of amides is 1. The van der Waals surface area contributed by atoms with Gasteiger partial charge in [0, 0.05) is 23.6 Å². The molecule has 0 spiro atoms. The Labute approximate surface area is 190 Å². The molecule has 172 valence electrons. The number of sulfonamides is 1. The van der Waals surface area contributed by atoms with Gasteiger partial charge in [0.05, 0.1) is 18.1 Å². The molecule has 3 aromatic carbocycles. The molecule has 33 heavy (non-hydrogen) atoms. The minimum absolute atomic E-state index is 0.0757. The molecule has 10 heteroatoms. The molecule has 1 amide bonds. The fourth-order valence-corrected chi connectivity index (χ4v) is 4.25. The fourth-order valence-electron chi connectivity index (χ4n) is 3.27. The van der Waals surface area contributed by atoms with E-state index < -0.39 is 35.1 Å². The second-order valence-corrected chi connectivity index (χ2v) is 8.99. The van der Waals surface area contributed by atoms with E-state index in [-0.39, 0.29) is 4.90 Å². The SMILES string of the molecule is O=C(COC(=O)CNS(=O)(=O)c1ccc2c(c1)OCCCO2)Nc1cccc2ccccc12. The molecule has 9 nitrogen and oxygen atoms in total. The Balaban J connectivity index is 1.30. The Morgan fingerprint density at radius 2 is 1.70 bits per heavy atom. The van der Waals surface area contributed by atoms with Crippen LogP contribution in [-0.2, 0) is 24.3 Å². The molecule has 0 saturated heterocycles. The number of benzene rings is 3. The normalized spacial score (nSPS) is 13.2. The minimum Gasteiger partial charge on any atom is -0.490 e. The van der Waals surface area contributed by atoms with Crippen molar-refractivity contribution in [1.82, 2.24) is 4.72 Å². The van der Waals surface area contributed by atoms with Crippen molar-refractivity contribution in [2.45, 2.75) is 11.3 Å². The van der Waals surface area contributed by atoms with E-state index in [1.807, 2.05) is 30.3 Å². The fraction of sp³-hybridized carbons (Fsp3) is 0.217. The van der Waals surface area contributed by atoms with E-state index in [4.69, 9.17) is 14.2 Å². The highest BCUT2D eigenvalue weighted by molar-refractivity contribution is 7.89. The predicted octanol–water partition coefficient (Wildman–Crippen LogP) is 2.46. The van der Waals surface area contributed by atoms with E-state index in [9.17, 15) is 18.0 Å². The van der Waals surface area contributed by atoms with Crippen LogP contribution in [0.25, 0.3) is 10.8 Å². The van der Waals surface area contributed by atoms with Crippen LogP contribution < -0.4 is 19.5 Å². The van der Waals surface area contributed by atoms with E-state index in [0.29, 0.717) is 36.8 Å². The Morgan fingerprint density at radius 1 is 0.939 bits per heavy atom. The van der Waals surface area contributed by atoms with Crippen molar-refractivity contribution in [3.05, 3.63) is 60.7 Å². The number of ether oxygens (including phenoxy) is 3. The molecule has 1 aliphatic heterocycles. The van der Waals surface area contributed by atoms with Crippen LogP contribution in [-0.4, -0.2) is 46.7 Å². The number of fused-ring (bicyclic) bond motifs is 2. The van der Waals surface area contributed by atoms with Crippen molar-refractivity contribution in [2.24, 2.45) is 0 Å². The molecule has 1 aliphatic rings. The molecular formula is C23H22N2O7S. The molecular weight excluding hydrogens is 448 g/mol. The lowest BCUT2D eigenvalue weighted by atomic mass is 10.1. The van der Waals surface area contributed by atoms with Crippen LogP contribution in [0.1, 0.15) is 6.42 Å². The zero-order valence-corrected chi connectivity index (χ0v) is 18.4. The van der Waals surface area contributed by atoms with Crippen LogP contribution in [0.2, 0.25) is 0 Å². The molecule has 0 unspecified atom stereocenters. The Kier molecular flexibility index (Phi) is 6.76. The summed E-state index contributed by atoms with van der Waals surface area (Å²) in [6.07, 6.45) is 0.689. The predicted molar refractivity (Wildman–Crippen MR) is 121 cm³/mol. The number of anilines is 1. The first-order valence-electron chi connectivity index (χ1n) is 10.2. The van der Waals surface area contributed by atoms with Gasteiger partial charge < -0.3 is 19.5 Å². The largest absolute Gasteiger partial charge is 0.490 e. The first-order chi connectivity index (χ1) is 15.9. The average molecular weight is 471 g/mol. The number of carbonyl (C=O) groups is 2. The van der Waals surface area contributed by atoms with Crippen molar-refractivity contribution in [3.8, 4) is 11.5 Å². The zero-order valence-electron chi connectivity index (χ0n) is 17.6. The maximum atomic E-state index is 12.5. The maximum absolute atomic E-state index is 12.5. The molecule has 0 aliphatic carbocycles. The Hall–Kier alpha value is -3.63. The summed E-state index contributed by atoms with van der Waals surface area (Å²) in [5.41, 5.74) is 0.587. The quantitative estimate of drug-likeness (QED) is 0.509. The monoisotopic (exact) mass is 470 g/mol. The highest BCUT2D eigenvalue weighted by Crippen LogP contribution is 2.31. The molecule has 0 fully saturated rings. The number of esters is 1. The van der Waals surface area contributed by atoms with Crippen LogP contribution in [0.3, 0.4) is 0 Å². The van der Waals surface area contributed by atoms with Gasteiger partial charge >= 0.3 is 5.97 Å². The number of hydrogen-bond donors (Lipinski definition) is 2. The highest BCUT2D eigenvalue weighted by atomic mass is 32.2. The van der Waals surface area contributed by atoms with Gasteiger partial charge in [0.25, 0.3) is 5.91 Å². The number of nitrogens with one attached hydrogen (secondary N) is 2. The smallest absolute Gasteiger partial charge is 0.321 e. The van der Waals surface area contributed by atoms with Gasteiger partial charge in [0.15, 0.2) is 18.1 Å². The first-order valence-corrected chi connectivity index (χ1v) is 11.7. The lowest BCUT2D eigenvalue weighted by Gasteiger charge is -2.11. The van der Waals surface area contributed by atoms with Crippen LogP contribution in [0.4, 0.5) is 5.69 Å². The second-order valence-electron chi connectivity index (χ2n) is 7.22. The standard InChI is InChI=1S/C23H22N2O7S/c26-22(25-19-8-3-6-16-5-1-2-7-18(16)19)15-32-23(27)14-24-33(28,29)17-9-10-20-21(13-17)31-12-4-11-30-20/h1-3,5-10,13,24H,4,11-12,14-15H2,(H,25,26). The summed E-state index contributed by atoms with van der Waals surface area (Å²) in [7, 11) is -4.00. The summed E-state index contributed by atoms with van der Waals surface area (Å²) in [4.78, 5) is 24.1. The van der Waals surface area contributed by atoms with Gasteiger partial charge in [-0.2, -0.15) is 4.72 Å². The average Bonchev–Trinajstić information content (AvgIpc) is 3.07. The topological polar surface area (TPSA) is 120 Å². The number of hydrogen-bond acceptors (Lipinski definition) is 7. The van der Waals surface area contributed by atoms with Crippen LogP contribution in [0.5, 0.6) is 11.5 Å². The van der Waals surface area contributed by atoms with E-state index in [1.54, 1.807) is 12.1 Å². The molecule has 0 aromatic heterocycles. The Morgan fingerprint density at radius 3 is 2.55 bits per heavy atom. The summed E-state index contributed by atoms with van der Waals surface area (Å²) < 4.78 is 43.1. The van der Waals surface area contributed by atoms with Crippen molar-refractivity contribution in [2.75, 3.05) is 31.7 Å². The van der Waals surface area contributed by atoms with Crippen LogP contribution in [0, 0.1) is 0 Å². The number of rotatable bonds is 7. The third-order valence-electron chi connectivity index (χ3n) is 4.86. The first kappa shape index (κ1) is 22.6. The van der Waals surface area contributed by atoms with Crippen LogP contribution >= 0.6 is 0 Å². The second kappa shape index (κ2) is 9.88. The molecule has 0 bridgehead atoms. The molecule has 4 rings (SSSR count). The summed E-state index contributed by atoms with van der Waals surface area (Å²) >= 11 is 0. The molecule has 2 N–H and O–H groups in total. The maximum Gasteiger partial charge on any atom is 0.321 e. The van der Waals surface area contributed by atoms with Gasteiger partial charge in [-0.1, -0.05) is 36.4 Å². The van der Waals surface area contributed by atoms with Crippen LogP contribution in [0.15, 0.2) is 65.6 Å². The van der Waals surface area contributed by atoms with E-state index in [1.165, 1.54) is 18.2 Å². The third kappa shape index (κ3) is 5.60. The zero-order chi connectivity index (χ0) is 23.3. The molecule has 3 aromatic rings. The number of carbonyl (C=O) groups excluding carboxylic acids is 2. The summed E-state index contributed by atoms with van der Waals surface area (Å²) in [6, 6.07) is 17.2. The van der Waals surface area contributed by atoms with Crippen molar-refractivity contribution >= 4 is 38.4 Å². The molecule has 0 radical (unpaired) electrons. The van der Waals surface area contributed by atoms with Gasteiger partial charge in [-0.05, 0) is 23.6 Å². The summed E-state index contributed by atoms with van der Waals surface area (Å²) in [5, 5.41) is 4.50. The molecule has 1 heterocycles. The van der Waals surface area contributed by atoms with E-state index in [0.717, 1.165) is 10.8 Å². The molecule has 0 saturated carbocycles. The lowest BCUT2D eigenvalue weighted by molar-refractivity contribution is -0.146. The van der Waals surface area contributed by atoms with Crippen molar-refractivity contribution < 1.29 is 32.2 Å². The summed E-state index contributed by atoms with van der Waals surface area (Å²) in [6.45, 7) is -0.277. The lowest BCUT2D eigenvalue weighted by Crippen LogP contribution is -2.32. The van der Waals surface area contributed by atoms with Gasteiger partial charge in [0.1, 0.15) is 6.54 Å². The van der Waals surface area contributed by atoms with E-state index >= 15 is 0 Å². The van der Waals surface area contributed by atoms with Gasteiger partial charge in [-0.25, -0.2) is 8.42 Å². The highest BCUT2D eigenvalue weighted by Gasteiger charge is 2.20. The Bertz CT molecular complexity index is 1290. The van der Waals surface area contributed by atoms with Crippen molar-refractivity contribution in [1.29, 1.82) is 0 Å². The van der Waals surface area contributed by atoms with Gasteiger partial charge in [0.2, 0.25) is 10.0 Å². The molecule has 0 atom stereocenters. The van der Waals surface area contributed by atoms with Gasteiger partial charge in [-0.15, -0.1) is 0 Å². The van der Waals surface area contributed by atoms with Crippen molar-refractivity contribution in [3.63, 3.8) is 0 Å². The van der Waals surface area contributed by atoms with E-state index in [2.05, 4.69) is 10.0 Å². The minimum atomic E-state index is -4.00. The summed E-state index contributed by atoms with van der Waals surface area (Å²) in [5.74, 6) is -0.641.